The first-order valence-electron chi connectivity index (χ1n) is 10.1. The van der Waals surface area contributed by atoms with Crippen LogP contribution in [0.5, 0.6) is 0 Å². The Kier molecular flexibility index (Phi) is 6.79. The van der Waals surface area contributed by atoms with Crippen LogP contribution in [0.25, 0.3) is 0 Å². The number of thioether (sulfide) groups is 1. The summed E-state index contributed by atoms with van der Waals surface area (Å²) < 4.78 is 13.1. The maximum atomic E-state index is 13.1. The number of hydrogen-bond acceptors (Lipinski definition) is 5. The molecule has 1 aliphatic heterocycles. The van der Waals surface area contributed by atoms with Crippen LogP contribution in [0.3, 0.4) is 0 Å². The molecule has 0 bridgehead atoms. The zero-order valence-electron chi connectivity index (χ0n) is 16.9. The van der Waals surface area contributed by atoms with Crippen LogP contribution < -0.4 is 10.9 Å². The minimum absolute atomic E-state index is 0.111. The molecule has 0 unspecified atom stereocenters. The van der Waals surface area contributed by atoms with Crippen molar-refractivity contribution < 1.29 is 9.18 Å². The number of carbonyl (C=O) groups is 1. The molecule has 2 N–H and O–H groups in total. The molecule has 6 nitrogen and oxygen atoms in total. The van der Waals surface area contributed by atoms with E-state index < -0.39 is 0 Å². The highest BCUT2D eigenvalue weighted by Gasteiger charge is 2.21. The van der Waals surface area contributed by atoms with E-state index in [0.29, 0.717) is 36.8 Å². The summed E-state index contributed by atoms with van der Waals surface area (Å²) >= 11 is 1.23. The van der Waals surface area contributed by atoms with Gasteiger partial charge in [0, 0.05) is 32.6 Å². The molecule has 0 aliphatic carbocycles. The third kappa shape index (κ3) is 5.80. The number of rotatable bonds is 7. The zero-order valence-corrected chi connectivity index (χ0v) is 17.8. The van der Waals surface area contributed by atoms with Gasteiger partial charge in [-0.05, 0) is 23.3 Å². The summed E-state index contributed by atoms with van der Waals surface area (Å²) in [5.74, 6) is -0.183. The van der Waals surface area contributed by atoms with Crippen molar-refractivity contribution in [1.29, 1.82) is 0 Å². The van der Waals surface area contributed by atoms with E-state index in [4.69, 9.17) is 0 Å². The first-order chi connectivity index (χ1) is 15.1. The number of amides is 1. The van der Waals surface area contributed by atoms with E-state index in [2.05, 4.69) is 20.2 Å². The minimum atomic E-state index is -0.257. The molecule has 2 heterocycles. The fourth-order valence-electron chi connectivity index (χ4n) is 3.49. The van der Waals surface area contributed by atoms with Crippen molar-refractivity contribution in [1.82, 2.24) is 20.2 Å². The summed E-state index contributed by atoms with van der Waals surface area (Å²) in [6.07, 6.45) is 0.661. The molecule has 0 spiro atoms. The van der Waals surface area contributed by atoms with Crippen LogP contribution in [-0.2, 0) is 30.8 Å². The second-order valence-corrected chi connectivity index (χ2v) is 8.40. The van der Waals surface area contributed by atoms with Gasteiger partial charge in [-0.15, -0.1) is 0 Å². The Morgan fingerprint density at radius 3 is 2.68 bits per heavy atom. The quantitative estimate of drug-likeness (QED) is 0.438. The minimum Gasteiger partial charge on any atom is -0.351 e. The van der Waals surface area contributed by atoms with Gasteiger partial charge in [-0.1, -0.05) is 54.2 Å². The van der Waals surface area contributed by atoms with E-state index in [0.717, 1.165) is 23.4 Å². The molecule has 4 rings (SSSR count). The standard InChI is InChI=1S/C23H23FN4O2S/c24-18-8-6-17(7-9-18)13-28-11-10-20-19(14-28)22(30)27-23(26-20)31-15-21(29)25-12-16-4-2-1-3-5-16/h1-9H,10-15H2,(H,25,29)(H,26,27,30). The van der Waals surface area contributed by atoms with Gasteiger partial charge < -0.3 is 10.3 Å². The molecule has 2 aromatic carbocycles. The molecule has 0 saturated heterocycles. The number of benzene rings is 2. The Bertz CT molecular complexity index is 1100. The molecule has 1 aromatic heterocycles. The molecule has 8 heteroatoms. The Hall–Kier alpha value is -2.97. The summed E-state index contributed by atoms with van der Waals surface area (Å²) in [5.41, 5.74) is 3.31. The second-order valence-electron chi connectivity index (χ2n) is 7.43. The lowest BCUT2D eigenvalue weighted by Crippen LogP contribution is -2.35. The number of nitrogens with zero attached hydrogens (tertiary/aromatic N) is 2. The first-order valence-corrected chi connectivity index (χ1v) is 11.1. The number of halogens is 1. The van der Waals surface area contributed by atoms with Gasteiger partial charge in [0.15, 0.2) is 5.16 Å². The molecule has 3 aromatic rings. The average Bonchev–Trinajstić information content (AvgIpc) is 2.79. The maximum absolute atomic E-state index is 13.1. The van der Waals surface area contributed by atoms with Gasteiger partial charge in [0.1, 0.15) is 5.82 Å². The van der Waals surface area contributed by atoms with Crippen molar-refractivity contribution in [2.45, 2.75) is 31.2 Å². The fraction of sp³-hybridized carbons (Fsp3) is 0.261. The lowest BCUT2D eigenvalue weighted by molar-refractivity contribution is -0.118. The Morgan fingerprint density at radius 2 is 1.90 bits per heavy atom. The van der Waals surface area contributed by atoms with Crippen molar-refractivity contribution >= 4 is 17.7 Å². The van der Waals surface area contributed by atoms with Gasteiger partial charge in [-0.25, -0.2) is 9.37 Å². The van der Waals surface area contributed by atoms with E-state index in [9.17, 15) is 14.0 Å². The van der Waals surface area contributed by atoms with E-state index in [1.165, 1.54) is 23.9 Å². The van der Waals surface area contributed by atoms with Crippen molar-refractivity contribution in [3.63, 3.8) is 0 Å². The number of aromatic amines is 1. The lowest BCUT2D eigenvalue weighted by atomic mass is 10.1. The van der Waals surface area contributed by atoms with E-state index in [-0.39, 0.29) is 23.0 Å². The monoisotopic (exact) mass is 438 g/mol. The molecule has 1 aliphatic rings. The summed E-state index contributed by atoms with van der Waals surface area (Å²) in [7, 11) is 0. The predicted molar refractivity (Wildman–Crippen MR) is 118 cm³/mol. The maximum Gasteiger partial charge on any atom is 0.256 e. The van der Waals surface area contributed by atoms with Crippen LogP contribution in [0.1, 0.15) is 22.4 Å². The lowest BCUT2D eigenvalue weighted by Gasteiger charge is -2.27. The highest BCUT2D eigenvalue weighted by Crippen LogP contribution is 2.19. The molecule has 160 valence electrons. The van der Waals surface area contributed by atoms with Gasteiger partial charge >= 0.3 is 0 Å². The average molecular weight is 439 g/mol. The molecule has 31 heavy (non-hydrogen) atoms. The van der Waals surface area contributed by atoms with Crippen LogP contribution >= 0.6 is 11.8 Å². The normalized spacial score (nSPS) is 13.6. The van der Waals surface area contributed by atoms with Crippen LogP contribution in [0, 0.1) is 5.82 Å². The number of carbonyl (C=O) groups excluding carboxylic acids is 1. The van der Waals surface area contributed by atoms with Crippen molar-refractivity contribution in [3.05, 3.63) is 93.2 Å². The number of H-pyrrole nitrogens is 1. The highest BCUT2D eigenvalue weighted by molar-refractivity contribution is 7.99. The summed E-state index contributed by atoms with van der Waals surface area (Å²) in [5, 5.41) is 3.33. The second kappa shape index (κ2) is 9.89. The van der Waals surface area contributed by atoms with Crippen molar-refractivity contribution in [3.8, 4) is 0 Å². The van der Waals surface area contributed by atoms with Gasteiger partial charge in [0.2, 0.25) is 5.91 Å². The Balaban J connectivity index is 1.32. The predicted octanol–water partition coefficient (Wildman–Crippen LogP) is 2.88. The molecule has 1 amide bonds. The van der Waals surface area contributed by atoms with Crippen molar-refractivity contribution in [2.75, 3.05) is 12.3 Å². The number of aromatic nitrogens is 2. The third-order valence-corrected chi connectivity index (χ3v) is 5.99. The van der Waals surface area contributed by atoms with Crippen LogP contribution in [-0.4, -0.2) is 33.1 Å². The van der Waals surface area contributed by atoms with E-state index in [1.54, 1.807) is 12.1 Å². The Labute approximate surface area is 183 Å². The molecule has 0 radical (unpaired) electrons. The van der Waals surface area contributed by atoms with E-state index >= 15 is 0 Å². The van der Waals surface area contributed by atoms with Gasteiger partial charge in [0.05, 0.1) is 17.0 Å². The molecule has 0 saturated carbocycles. The molecule has 0 atom stereocenters. The topological polar surface area (TPSA) is 78.1 Å². The fourth-order valence-corrected chi connectivity index (χ4v) is 4.20. The zero-order chi connectivity index (χ0) is 21.6. The Morgan fingerprint density at radius 1 is 1.13 bits per heavy atom. The third-order valence-electron chi connectivity index (χ3n) is 5.12. The number of nitrogens with one attached hydrogen (secondary N) is 2. The van der Waals surface area contributed by atoms with Crippen LogP contribution in [0.4, 0.5) is 4.39 Å². The summed E-state index contributed by atoms with van der Waals surface area (Å²) in [4.78, 5) is 34.2. The van der Waals surface area contributed by atoms with Crippen LogP contribution in [0.15, 0.2) is 64.5 Å². The summed E-state index contributed by atoms with van der Waals surface area (Å²) in [6.45, 7) is 2.38. The first kappa shape index (κ1) is 21.3. The smallest absolute Gasteiger partial charge is 0.256 e. The highest BCUT2D eigenvalue weighted by atomic mass is 32.2. The number of hydrogen-bond donors (Lipinski definition) is 2. The number of fused-ring (bicyclic) bond motifs is 1. The SMILES string of the molecule is O=C(CSc1nc2c(c(=O)[nH]1)CN(Cc1ccc(F)cc1)CC2)NCc1ccccc1. The molecule has 0 fully saturated rings. The van der Waals surface area contributed by atoms with E-state index in [1.807, 2.05) is 30.3 Å². The molecular formula is C23H23FN4O2S. The summed E-state index contributed by atoms with van der Waals surface area (Å²) in [6, 6.07) is 16.1. The van der Waals surface area contributed by atoms with Crippen molar-refractivity contribution in [2.24, 2.45) is 0 Å². The van der Waals surface area contributed by atoms with Gasteiger partial charge in [-0.3, -0.25) is 14.5 Å². The van der Waals surface area contributed by atoms with Gasteiger partial charge in [0.25, 0.3) is 5.56 Å². The largest absolute Gasteiger partial charge is 0.351 e. The van der Waals surface area contributed by atoms with Crippen LogP contribution in [0.2, 0.25) is 0 Å². The van der Waals surface area contributed by atoms with Gasteiger partial charge in [-0.2, -0.15) is 0 Å². The molecular weight excluding hydrogens is 415 g/mol.